The van der Waals surface area contributed by atoms with E-state index in [4.69, 9.17) is 11.1 Å². The van der Waals surface area contributed by atoms with E-state index >= 15 is 0 Å². The van der Waals surface area contributed by atoms with Crippen molar-refractivity contribution in [3.05, 3.63) is 47.4 Å². The second-order valence-electron chi connectivity index (χ2n) is 4.27. The van der Waals surface area contributed by atoms with Crippen LogP contribution in [-0.2, 0) is 16.6 Å². The number of sulfonamides is 1. The van der Waals surface area contributed by atoms with Crippen LogP contribution in [0.2, 0.25) is 0 Å². The molecule has 0 aliphatic heterocycles. The molecule has 0 spiro atoms. The molecule has 106 valence electrons. The van der Waals surface area contributed by atoms with E-state index in [9.17, 15) is 8.42 Å². The number of H-pyrrole nitrogens is 1. The Morgan fingerprint density at radius 1 is 1.50 bits per heavy atom. The van der Waals surface area contributed by atoms with Gasteiger partial charge in [-0.2, -0.15) is 0 Å². The summed E-state index contributed by atoms with van der Waals surface area (Å²) >= 11 is 0. The number of imidazole rings is 1. The maximum absolute atomic E-state index is 12.0. The minimum Gasteiger partial charge on any atom is -0.384 e. The van der Waals surface area contributed by atoms with Crippen molar-refractivity contribution in [3.8, 4) is 0 Å². The Hall–Kier alpha value is -2.19. The molecule has 0 saturated carbocycles. The highest BCUT2D eigenvalue weighted by Gasteiger charge is 2.16. The molecule has 8 heteroatoms. The van der Waals surface area contributed by atoms with Crippen molar-refractivity contribution in [2.24, 2.45) is 5.73 Å². The number of benzene rings is 1. The van der Waals surface area contributed by atoms with E-state index in [1.165, 1.54) is 6.20 Å². The molecule has 0 bridgehead atoms. The van der Waals surface area contributed by atoms with Gasteiger partial charge in [0.05, 0.1) is 6.20 Å². The molecule has 1 heterocycles. The molecule has 2 aromatic rings. The Balaban J connectivity index is 2.12. The average Bonchev–Trinajstić information content (AvgIpc) is 2.84. The number of rotatable bonds is 5. The van der Waals surface area contributed by atoms with E-state index in [2.05, 4.69) is 14.7 Å². The lowest BCUT2D eigenvalue weighted by Gasteiger charge is -2.06. The van der Waals surface area contributed by atoms with Crippen LogP contribution in [0.3, 0.4) is 0 Å². The first-order chi connectivity index (χ1) is 9.38. The van der Waals surface area contributed by atoms with E-state index in [0.717, 1.165) is 5.56 Å². The van der Waals surface area contributed by atoms with E-state index in [-0.39, 0.29) is 17.4 Å². The molecule has 0 radical (unpaired) electrons. The van der Waals surface area contributed by atoms with Crippen molar-refractivity contribution in [2.45, 2.75) is 18.5 Å². The molecule has 2 rings (SSSR count). The summed E-state index contributed by atoms with van der Waals surface area (Å²) in [7, 11) is -3.62. The van der Waals surface area contributed by atoms with Gasteiger partial charge in [0, 0.05) is 12.1 Å². The Labute approximate surface area is 116 Å². The SMILES string of the molecule is Cc1ncc(S(=O)(=O)NCc2cccc(C(=N)N)c2)[nH]1. The van der Waals surface area contributed by atoms with Gasteiger partial charge in [-0.25, -0.2) is 18.1 Å². The zero-order valence-corrected chi connectivity index (χ0v) is 11.7. The van der Waals surface area contributed by atoms with Gasteiger partial charge in [0.1, 0.15) is 11.7 Å². The van der Waals surface area contributed by atoms with Crippen molar-refractivity contribution in [2.75, 3.05) is 0 Å². The predicted octanol–water partition coefficient (Wildman–Crippen LogP) is 0.481. The molecule has 0 aliphatic carbocycles. The molecule has 7 nitrogen and oxygen atoms in total. The molecule has 0 unspecified atom stereocenters. The van der Waals surface area contributed by atoms with Crippen LogP contribution in [0.5, 0.6) is 0 Å². The molecular weight excluding hydrogens is 278 g/mol. The topological polar surface area (TPSA) is 125 Å². The fourth-order valence-electron chi connectivity index (χ4n) is 1.64. The van der Waals surface area contributed by atoms with E-state index in [1.54, 1.807) is 31.2 Å². The first kappa shape index (κ1) is 14.2. The van der Waals surface area contributed by atoms with Gasteiger partial charge < -0.3 is 10.7 Å². The van der Waals surface area contributed by atoms with Gasteiger partial charge in [0.25, 0.3) is 10.0 Å². The zero-order valence-electron chi connectivity index (χ0n) is 10.8. The van der Waals surface area contributed by atoms with E-state index < -0.39 is 10.0 Å². The Morgan fingerprint density at radius 3 is 2.85 bits per heavy atom. The van der Waals surface area contributed by atoms with Crippen LogP contribution in [0, 0.1) is 12.3 Å². The minimum absolute atomic E-state index is 0.0257. The Morgan fingerprint density at radius 2 is 2.25 bits per heavy atom. The molecule has 0 saturated heterocycles. The predicted molar refractivity (Wildman–Crippen MR) is 74.8 cm³/mol. The number of aromatic nitrogens is 2. The van der Waals surface area contributed by atoms with Crippen LogP contribution in [0.15, 0.2) is 35.5 Å². The summed E-state index contributed by atoms with van der Waals surface area (Å²) in [5, 5.41) is 7.38. The quantitative estimate of drug-likeness (QED) is 0.472. The summed E-state index contributed by atoms with van der Waals surface area (Å²) in [6, 6.07) is 6.84. The lowest BCUT2D eigenvalue weighted by Crippen LogP contribution is -2.23. The first-order valence-electron chi connectivity index (χ1n) is 5.83. The maximum atomic E-state index is 12.0. The first-order valence-corrected chi connectivity index (χ1v) is 7.31. The molecule has 5 N–H and O–H groups in total. The van der Waals surface area contributed by atoms with Crippen molar-refractivity contribution < 1.29 is 8.42 Å². The molecule has 0 atom stereocenters. The highest BCUT2D eigenvalue weighted by molar-refractivity contribution is 7.89. The standard InChI is InChI=1S/C12H15N5O2S/c1-8-15-7-11(17-8)20(18,19)16-6-9-3-2-4-10(5-9)12(13)14/h2-5,7,16H,6H2,1H3,(H3,13,14)(H,15,17). The summed E-state index contributed by atoms with van der Waals surface area (Å²) in [5.41, 5.74) is 6.66. The van der Waals surface area contributed by atoms with Gasteiger partial charge in [0.15, 0.2) is 5.03 Å². The van der Waals surface area contributed by atoms with Crippen LogP contribution >= 0.6 is 0 Å². The molecule has 1 aromatic heterocycles. The highest BCUT2D eigenvalue weighted by Crippen LogP contribution is 2.08. The van der Waals surface area contributed by atoms with Gasteiger partial charge in [-0.1, -0.05) is 18.2 Å². The van der Waals surface area contributed by atoms with Gasteiger partial charge >= 0.3 is 0 Å². The zero-order chi connectivity index (χ0) is 14.8. The van der Waals surface area contributed by atoms with Crippen LogP contribution in [-0.4, -0.2) is 24.2 Å². The second-order valence-corrected chi connectivity index (χ2v) is 6.01. The summed E-state index contributed by atoms with van der Waals surface area (Å²) < 4.78 is 26.4. The number of aromatic amines is 1. The molecule has 20 heavy (non-hydrogen) atoms. The summed E-state index contributed by atoms with van der Waals surface area (Å²) in [4.78, 5) is 6.52. The van der Waals surface area contributed by atoms with E-state index in [1.807, 2.05) is 0 Å². The molecule has 1 aromatic carbocycles. The number of hydrogen-bond donors (Lipinski definition) is 4. The highest BCUT2D eigenvalue weighted by atomic mass is 32.2. The van der Waals surface area contributed by atoms with E-state index in [0.29, 0.717) is 11.4 Å². The number of nitrogens with zero attached hydrogens (tertiary/aromatic N) is 1. The fraction of sp³-hybridized carbons (Fsp3) is 0.167. The van der Waals surface area contributed by atoms with Gasteiger partial charge in [-0.15, -0.1) is 0 Å². The number of amidine groups is 1. The fourth-order valence-corrected chi connectivity index (χ4v) is 2.63. The minimum atomic E-state index is -3.62. The second kappa shape index (κ2) is 5.43. The summed E-state index contributed by atoms with van der Waals surface area (Å²) in [5.74, 6) is 0.475. The Bertz CT molecular complexity index is 736. The molecule has 0 fully saturated rings. The van der Waals surface area contributed by atoms with Crippen LogP contribution in [0.4, 0.5) is 0 Å². The largest absolute Gasteiger partial charge is 0.384 e. The third-order valence-corrected chi connectivity index (χ3v) is 3.98. The molecule has 0 amide bonds. The molecule has 0 aliphatic rings. The Kier molecular flexibility index (Phi) is 3.86. The van der Waals surface area contributed by atoms with Crippen molar-refractivity contribution in [1.29, 1.82) is 5.41 Å². The summed E-state index contributed by atoms with van der Waals surface area (Å²) in [6.45, 7) is 1.79. The van der Waals surface area contributed by atoms with Gasteiger partial charge in [0.2, 0.25) is 0 Å². The lowest BCUT2D eigenvalue weighted by molar-refractivity contribution is 0.578. The smallest absolute Gasteiger partial charge is 0.257 e. The maximum Gasteiger partial charge on any atom is 0.257 e. The number of nitrogens with two attached hydrogens (primary N) is 1. The normalized spacial score (nSPS) is 11.4. The van der Waals surface area contributed by atoms with Crippen molar-refractivity contribution in [1.82, 2.24) is 14.7 Å². The third kappa shape index (κ3) is 3.22. The van der Waals surface area contributed by atoms with Crippen LogP contribution in [0.25, 0.3) is 0 Å². The lowest BCUT2D eigenvalue weighted by atomic mass is 10.1. The monoisotopic (exact) mass is 293 g/mol. The molecular formula is C12H15N5O2S. The summed E-state index contributed by atoms with van der Waals surface area (Å²) in [6.07, 6.45) is 1.27. The van der Waals surface area contributed by atoms with Crippen LogP contribution < -0.4 is 10.5 Å². The van der Waals surface area contributed by atoms with Gasteiger partial charge in [-0.05, 0) is 18.6 Å². The van der Waals surface area contributed by atoms with Gasteiger partial charge in [-0.3, -0.25) is 5.41 Å². The number of aryl methyl sites for hydroxylation is 1. The number of hydrogen-bond acceptors (Lipinski definition) is 4. The van der Waals surface area contributed by atoms with Crippen molar-refractivity contribution in [3.63, 3.8) is 0 Å². The van der Waals surface area contributed by atoms with Crippen molar-refractivity contribution >= 4 is 15.9 Å². The number of nitrogens with one attached hydrogen (secondary N) is 3. The van der Waals surface area contributed by atoms with Crippen LogP contribution in [0.1, 0.15) is 17.0 Å². The third-order valence-electron chi connectivity index (χ3n) is 2.67. The average molecular weight is 293 g/mol. The number of nitrogen functional groups attached to an aromatic ring is 1.